The molecule has 7 nitrogen and oxygen atoms in total. The van der Waals surface area contributed by atoms with Gasteiger partial charge in [0.05, 0.1) is 6.61 Å². The topological polar surface area (TPSA) is 102 Å². The zero-order chi connectivity index (χ0) is 30.2. The van der Waals surface area contributed by atoms with Crippen molar-refractivity contribution in [2.24, 2.45) is 0 Å². The third-order valence-corrected chi connectivity index (χ3v) is 7.60. The third kappa shape index (κ3) is 31.1. The molecule has 1 amide bonds. The zero-order valence-corrected chi connectivity index (χ0v) is 26.9. The molecular formula is C34H65NO6. The quantitative estimate of drug-likeness (QED) is 0.0628. The van der Waals surface area contributed by atoms with Crippen LogP contribution >= 0.6 is 0 Å². The minimum Gasteiger partial charge on any atom is -0.462 e. The van der Waals surface area contributed by atoms with E-state index < -0.39 is 6.10 Å². The number of carbonyl (C=O) groups excluding carboxylic acids is 3. The Bertz CT molecular complexity index is 612. The summed E-state index contributed by atoms with van der Waals surface area (Å²) in [4.78, 5) is 34.9. The van der Waals surface area contributed by atoms with E-state index in [1.165, 1.54) is 103 Å². The summed E-state index contributed by atoms with van der Waals surface area (Å²) in [6, 6.07) is 0. The van der Waals surface area contributed by atoms with Gasteiger partial charge in [0.15, 0.2) is 6.10 Å². The number of amides is 1. The molecule has 0 aromatic rings. The van der Waals surface area contributed by atoms with Crippen molar-refractivity contribution in [1.29, 1.82) is 0 Å². The molecular weight excluding hydrogens is 518 g/mol. The van der Waals surface area contributed by atoms with Gasteiger partial charge in [-0.05, 0) is 19.3 Å². The molecule has 0 saturated heterocycles. The van der Waals surface area contributed by atoms with E-state index in [4.69, 9.17) is 9.47 Å². The number of nitrogens with one attached hydrogen (secondary N) is 1. The molecule has 0 bridgehead atoms. The molecule has 0 radical (unpaired) electrons. The Hall–Kier alpha value is -1.63. The van der Waals surface area contributed by atoms with Crippen molar-refractivity contribution in [3.63, 3.8) is 0 Å². The molecule has 0 rings (SSSR count). The first-order valence-corrected chi connectivity index (χ1v) is 17.2. The SMILES string of the molecule is CCCCCCCCCCCCC(=O)O[C@H](CO)COC(=O)CCCCCCCCCCCCCCCNC(C)=O. The fourth-order valence-electron chi connectivity index (χ4n) is 4.99. The van der Waals surface area contributed by atoms with Crippen LogP contribution in [0, 0.1) is 0 Å². The first-order chi connectivity index (χ1) is 20.0. The number of aliphatic hydroxyl groups excluding tert-OH is 1. The monoisotopic (exact) mass is 583 g/mol. The van der Waals surface area contributed by atoms with Gasteiger partial charge in [0, 0.05) is 26.3 Å². The maximum Gasteiger partial charge on any atom is 0.306 e. The van der Waals surface area contributed by atoms with Gasteiger partial charge in [-0.2, -0.15) is 0 Å². The van der Waals surface area contributed by atoms with Crippen molar-refractivity contribution >= 4 is 17.8 Å². The summed E-state index contributed by atoms with van der Waals surface area (Å²) >= 11 is 0. The van der Waals surface area contributed by atoms with Gasteiger partial charge in [-0.15, -0.1) is 0 Å². The summed E-state index contributed by atoms with van der Waals surface area (Å²) < 4.78 is 10.5. The van der Waals surface area contributed by atoms with E-state index >= 15 is 0 Å². The van der Waals surface area contributed by atoms with Crippen LogP contribution in [-0.2, 0) is 23.9 Å². The van der Waals surface area contributed by atoms with Crippen molar-refractivity contribution in [3.8, 4) is 0 Å². The van der Waals surface area contributed by atoms with Crippen LogP contribution in [0.15, 0.2) is 0 Å². The Morgan fingerprint density at radius 3 is 1.39 bits per heavy atom. The lowest BCUT2D eigenvalue weighted by atomic mass is 10.0. The molecule has 0 fully saturated rings. The van der Waals surface area contributed by atoms with Crippen molar-refractivity contribution in [3.05, 3.63) is 0 Å². The lowest BCUT2D eigenvalue weighted by Gasteiger charge is -2.15. The summed E-state index contributed by atoms with van der Waals surface area (Å²) in [6.07, 6.45) is 27.5. The van der Waals surface area contributed by atoms with Crippen LogP contribution in [-0.4, -0.2) is 48.8 Å². The third-order valence-electron chi connectivity index (χ3n) is 7.60. The van der Waals surface area contributed by atoms with Gasteiger partial charge in [0.2, 0.25) is 5.91 Å². The van der Waals surface area contributed by atoms with E-state index in [2.05, 4.69) is 12.2 Å². The first kappa shape index (κ1) is 39.4. The predicted molar refractivity (Wildman–Crippen MR) is 168 cm³/mol. The number of ether oxygens (including phenoxy) is 2. The Morgan fingerprint density at radius 1 is 0.585 bits per heavy atom. The van der Waals surface area contributed by atoms with Crippen LogP contribution in [0.3, 0.4) is 0 Å². The van der Waals surface area contributed by atoms with E-state index in [0.717, 1.165) is 51.5 Å². The number of carbonyl (C=O) groups is 3. The van der Waals surface area contributed by atoms with Gasteiger partial charge >= 0.3 is 11.9 Å². The second kappa shape index (κ2) is 31.3. The number of unbranched alkanes of at least 4 members (excludes halogenated alkanes) is 21. The molecule has 2 N–H and O–H groups in total. The van der Waals surface area contributed by atoms with Gasteiger partial charge in [-0.25, -0.2) is 0 Å². The van der Waals surface area contributed by atoms with Gasteiger partial charge in [-0.1, -0.05) is 135 Å². The van der Waals surface area contributed by atoms with Crippen LogP contribution in [0.4, 0.5) is 0 Å². The normalized spacial score (nSPS) is 11.8. The maximum absolute atomic E-state index is 12.1. The van der Waals surface area contributed by atoms with Gasteiger partial charge in [0.1, 0.15) is 6.61 Å². The molecule has 0 aliphatic heterocycles. The van der Waals surface area contributed by atoms with Gasteiger partial charge in [0.25, 0.3) is 0 Å². The Balaban J connectivity index is 3.50. The van der Waals surface area contributed by atoms with Crippen LogP contribution in [0.2, 0.25) is 0 Å². The maximum atomic E-state index is 12.1. The standard InChI is InChI=1S/C34H65NO6/c1-3-4-5-6-7-8-14-18-21-24-27-34(39)41-32(29-36)30-40-33(38)26-23-20-17-15-12-10-9-11-13-16-19-22-25-28-35-31(2)37/h32,36H,3-30H2,1-2H3,(H,35,37)/t32-/m1/s1. The van der Waals surface area contributed by atoms with E-state index in [1.54, 1.807) is 6.92 Å². The summed E-state index contributed by atoms with van der Waals surface area (Å²) in [5.41, 5.74) is 0. The molecule has 0 spiro atoms. The molecule has 0 aliphatic rings. The van der Waals surface area contributed by atoms with Gasteiger partial charge in [-0.3, -0.25) is 14.4 Å². The van der Waals surface area contributed by atoms with E-state index in [0.29, 0.717) is 12.8 Å². The van der Waals surface area contributed by atoms with Crippen LogP contribution < -0.4 is 5.32 Å². The number of aliphatic hydroxyl groups is 1. The largest absolute Gasteiger partial charge is 0.462 e. The fourth-order valence-corrected chi connectivity index (χ4v) is 4.99. The average molecular weight is 584 g/mol. The first-order valence-electron chi connectivity index (χ1n) is 17.2. The van der Waals surface area contributed by atoms with Crippen LogP contribution in [0.25, 0.3) is 0 Å². The highest BCUT2D eigenvalue weighted by atomic mass is 16.6. The number of hydrogen-bond acceptors (Lipinski definition) is 6. The number of rotatable bonds is 31. The molecule has 0 aromatic carbocycles. The van der Waals surface area contributed by atoms with Crippen molar-refractivity contribution in [2.75, 3.05) is 19.8 Å². The molecule has 7 heteroatoms. The molecule has 0 aliphatic carbocycles. The summed E-state index contributed by atoms with van der Waals surface area (Å²) in [7, 11) is 0. The highest BCUT2D eigenvalue weighted by Gasteiger charge is 2.16. The zero-order valence-electron chi connectivity index (χ0n) is 26.9. The molecule has 41 heavy (non-hydrogen) atoms. The van der Waals surface area contributed by atoms with E-state index in [-0.39, 0.29) is 31.1 Å². The summed E-state index contributed by atoms with van der Waals surface area (Å²) in [5, 5.41) is 12.3. The minimum atomic E-state index is -0.774. The average Bonchev–Trinajstić information content (AvgIpc) is 2.95. The van der Waals surface area contributed by atoms with Crippen LogP contribution in [0.5, 0.6) is 0 Å². The lowest BCUT2D eigenvalue weighted by molar-refractivity contribution is -0.161. The van der Waals surface area contributed by atoms with E-state index in [9.17, 15) is 19.5 Å². The van der Waals surface area contributed by atoms with E-state index in [1.807, 2.05) is 0 Å². The van der Waals surface area contributed by atoms with Gasteiger partial charge < -0.3 is 19.9 Å². The lowest BCUT2D eigenvalue weighted by Crippen LogP contribution is -2.28. The fraction of sp³-hybridized carbons (Fsp3) is 0.912. The Kier molecular flexibility index (Phi) is 30.1. The molecule has 1 atom stereocenters. The second-order valence-corrected chi connectivity index (χ2v) is 11.7. The second-order valence-electron chi connectivity index (χ2n) is 11.7. The van der Waals surface area contributed by atoms with Crippen molar-refractivity contribution in [1.82, 2.24) is 5.32 Å². The highest BCUT2D eigenvalue weighted by Crippen LogP contribution is 2.14. The van der Waals surface area contributed by atoms with Crippen molar-refractivity contribution < 1.29 is 29.0 Å². The smallest absolute Gasteiger partial charge is 0.306 e. The molecule has 0 unspecified atom stereocenters. The summed E-state index contributed by atoms with van der Waals surface area (Å²) in [6.45, 7) is 4.19. The molecule has 0 aromatic heterocycles. The Labute approximate surface area is 252 Å². The number of hydrogen-bond donors (Lipinski definition) is 2. The Morgan fingerprint density at radius 2 is 0.976 bits per heavy atom. The van der Waals surface area contributed by atoms with Crippen LogP contribution in [0.1, 0.15) is 174 Å². The molecule has 0 saturated carbocycles. The molecule has 0 heterocycles. The number of esters is 2. The minimum absolute atomic E-state index is 0.0604. The summed E-state index contributed by atoms with van der Waals surface area (Å²) in [5.74, 6) is -0.551. The predicted octanol–water partition coefficient (Wildman–Crippen LogP) is 8.34. The highest BCUT2D eigenvalue weighted by molar-refractivity contribution is 5.72. The molecule has 242 valence electrons. The van der Waals surface area contributed by atoms with Crippen molar-refractivity contribution in [2.45, 2.75) is 180 Å².